The van der Waals surface area contributed by atoms with Crippen LogP contribution in [0.15, 0.2) is 41.2 Å². The van der Waals surface area contributed by atoms with Gasteiger partial charge in [-0.1, -0.05) is 6.07 Å². The van der Waals surface area contributed by atoms with E-state index in [4.69, 9.17) is 4.74 Å². The van der Waals surface area contributed by atoms with Crippen molar-refractivity contribution in [3.05, 3.63) is 46.8 Å². The summed E-state index contributed by atoms with van der Waals surface area (Å²) in [6.07, 6.45) is 6.28. The van der Waals surface area contributed by atoms with Crippen molar-refractivity contribution in [1.82, 2.24) is 10.3 Å². The lowest BCUT2D eigenvalue weighted by Crippen LogP contribution is -2.40. The summed E-state index contributed by atoms with van der Waals surface area (Å²) in [5.41, 5.74) is 1.09. The number of nitrogens with zero attached hydrogens (tertiary/aromatic N) is 1. The molecule has 0 atom stereocenters. The lowest BCUT2D eigenvalue weighted by Gasteiger charge is -2.29. The molecule has 0 radical (unpaired) electrons. The van der Waals surface area contributed by atoms with Gasteiger partial charge in [-0.2, -0.15) is 11.3 Å². The molecule has 2 aromatic heterocycles. The highest BCUT2D eigenvalue weighted by Crippen LogP contribution is 2.22. The van der Waals surface area contributed by atoms with Crippen LogP contribution in [0.4, 0.5) is 0 Å². The molecule has 1 aliphatic carbocycles. The number of ether oxygens (including phenoxy) is 1. The number of hydrogen-bond acceptors (Lipinski definition) is 4. The Labute approximate surface area is 134 Å². The smallest absolute Gasteiger partial charge is 0.224 e. The molecule has 2 aromatic rings. The average Bonchev–Trinajstić information content (AvgIpc) is 3.03. The van der Waals surface area contributed by atoms with E-state index in [-0.39, 0.29) is 18.1 Å². The van der Waals surface area contributed by atoms with Crippen molar-refractivity contribution in [2.24, 2.45) is 0 Å². The first-order valence-electron chi connectivity index (χ1n) is 7.68. The molecule has 0 unspecified atom stereocenters. The van der Waals surface area contributed by atoms with Gasteiger partial charge in [-0.3, -0.25) is 4.79 Å². The standard InChI is InChI=1S/C17H20N2O2S/c20-16(11-13-8-10-22-12-13)19-14-4-6-15(7-5-14)21-17-3-1-2-9-18-17/h1-3,8-10,12,14-15H,4-7,11H2,(H,19,20). The maximum absolute atomic E-state index is 12.0. The molecule has 1 fully saturated rings. The Balaban J connectivity index is 1.41. The highest BCUT2D eigenvalue weighted by molar-refractivity contribution is 7.07. The van der Waals surface area contributed by atoms with Gasteiger partial charge in [0.2, 0.25) is 11.8 Å². The van der Waals surface area contributed by atoms with Crippen LogP contribution in [0.1, 0.15) is 31.2 Å². The summed E-state index contributed by atoms with van der Waals surface area (Å²) in [5, 5.41) is 7.16. The predicted octanol–water partition coefficient (Wildman–Crippen LogP) is 3.19. The molecular weight excluding hydrogens is 296 g/mol. The summed E-state index contributed by atoms with van der Waals surface area (Å²) in [7, 11) is 0. The first kappa shape index (κ1) is 15.0. The molecule has 116 valence electrons. The van der Waals surface area contributed by atoms with Gasteiger partial charge in [0.15, 0.2) is 0 Å². The number of nitrogens with one attached hydrogen (secondary N) is 1. The Hall–Kier alpha value is -1.88. The molecule has 0 saturated heterocycles. The van der Waals surface area contributed by atoms with Crippen LogP contribution >= 0.6 is 11.3 Å². The van der Waals surface area contributed by atoms with Crippen LogP contribution in [-0.2, 0) is 11.2 Å². The van der Waals surface area contributed by atoms with E-state index in [2.05, 4.69) is 10.3 Å². The molecule has 2 heterocycles. The Morgan fingerprint density at radius 2 is 2.14 bits per heavy atom. The third kappa shape index (κ3) is 4.31. The zero-order valence-corrected chi connectivity index (χ0v) is 13.2. The number of carbonyl (C=O) groups excluding carboxylic acids is 1. The van der Waals surface area contributed by atoms with Gasteiger partial charge in [-0.05, 0) is 54.1 Å². The van der Waals surface area contributed by atoms with Gasteiger partial charge in [-0.25, -0.2) is 4.98 Å². The van der Waals surface area contributed by atoms with Crippen LogP contribution in [0.3, 0.4) is 0 Å². The van der Waals surface area contributed by atoms with Crippen LogP contribution in [0.5, 0.6) is 5.88 Å². The van der Waals surface area contributed by atoms with E-state index in [1.165, 1.54) is 0 Å². The predicted molar refractivity (Wildman–Crippen MR) is 87.1 cm³/mol. The summed E-state index contributed by atoms with van der Waals surface area (Å²) >= 11 is 1.63. The highest BCUT2D eigenvalue weighted by Gasteiger charge is 2.23. The Morgan fingerprint density at radius 1 is 1.27 bits per heavy atom. The molecule has 1 N–H and O–H groups in total. The second kappa shape index (κ2) is 7.40. The Morgan fingerprint density at radius 3 is 2.82 bits per heavy atom. The quantitative estimate of drug-likeness (QED) is 0.921. The summed E-state index contributed by atoms with van der Waals surface area (Å²) in [5.74, 6) is 0.805. The number of amides is 1. The molecule has 5 heteroatoms. The number of hydrogen-bond donors (Lipinski definition) is 1. The van der Waals surface area contributed by atoms with E-state index in [1.807, 2.05) is 35.0 Å². The van der Waals surface area contributed by atoms with Crippen molar-refractivity contribution in [3.63, 3.8) is 0 Å². The number of aromatic nitrogens is 1. The van der Waals surface area contributed by atoms with E-state index < -0.39 is 0 Å². The zero-order valence-electron chi connectivity index (χ0n) is 12.4. The summed E-state index contributed by atoms with van der Waals surface area (Å²) in [6.45, 7) is 0. The van der Waals surface area contributed by atoms with Crippen LogP contribution in [0.25, 0.3) is 0 Å². The fourth-order valence-electron chi connectivity index (χ4n) is 2.77. The van der Waals surface area contributed by atoms with Crippen molar-refractivity contribution in [1.29, 1.82) is 0 Å². The van der Waals surface area contributed by atoms with Gasteiger partial charge >= 0.3 is 0 Å². The van der Waals surface area contributed by atoms with E-state index in [9.17, 15) is 4.79 Å². The lowest BCUT2D eigenvalue weighted by atomic mass is 9.93. The van der Waals surface area contributed by atoms with Crippen molar-refractivity contribution in [2.75, 3.05) is 0 Å². The molecule has 22 heavy (non-hydrogen) atoms. The zero-order chi connectivity index (χ0) is 15.2. The lowest BCUT2D eigenvalue weighted by molar-refractivity contribution is -0.121. The van der Waals surface area contributed by atoms with Crippen LogP contribution in [-0.4, -0.2) is 23.0 Å². The largest absolute Gasteiger partial charge is 0.474 e. The fraction of sp³-hybridized carbons (Fsp3) is 0.412. The van der Waals surface area contributed by atoms with E-state index in [1.54, 1.807) is 17.5 Å². The minimum atomic E-state index is 0.118. The molecule has 0 aromatic carbocycles. The molecular formula is C17H20N2O2S. The summed E-state index contributed by atoms with van der Waals surface area (Å²) in [4.78, 5) is 16.2. The molecule has 1 saturated carbocycles. The maximum atomic E-state index is 12.0. The topological polar surface area (TPSA) is 51.2 Å². The first-order chi connectivity index (χ1) is 10.8. The minimum absolute atomic E-state index is 0.118. The maximum Gasteiger partial charge on any atom is 0.224 e. The SMILES string of the molecule is O=C(Cc1ccsc1)NC1CCC(Oc2ccccn2)CC1. The third-order valence-electron chi connectivity index (χ3n) is 3.91. The van der Waals surface area contributed by atoms with Crippen LogP contribution in [0, 0.1) is 0 Å². The van der Waals surface area contributed by atoms with Crippen molar-refractivity contribution >= 4 is 17.2 Å². The van der Waals surface area contributed by atoms with Crippen molar-refractivity contribution in [2.45, 2.75) is 44.2 Å². The van der Waals surface area contributed by atoms with E-state index in [0.717, 1.165) is 31.2 Å². The van der Waals surface area contributed by atoms with Crippen LogP contribution < -0.4 is 10.1 Å². The van der Waals surface area contributed by atoms with Gasteiger partial charge in [0.1, 0.15) is 6.10 Å². The number of pyridine rings is 1. The van der Waals surface area contributed by atoms with Crippen molar-refractivity contribution < 1.29 is 9.53 Å². The summed E-state index contributed by atoms with van der Waals surface area (Å²) in [6, 6.07) is 7.97. The molecule has 4 nitrogen and oxygen atoms in total. The summed E-state index contributed by atoms with van der Waals surface area (Å²) < 4.78 is 5.87. The van der Waals surface area contributed by atoms with E-state index >= 15 is 0 Å². The molecule has 1 amide bonds. The second-order valence-electron chi connectivity index (χ2n) is 5.64. The van der Waals surface area contributed by atoms with Crippen molar-refractivity contribution in [3.8, 4) is 5.88 Å². The normalized spacial score (nSPS) is 21.3. The number of carbonyl (C=O) groups is 1. The molecule has 0 spiro atoms. The van der Waals surface area contributed by atoms with Gasteiger partial charge in [0, 0.05) is 18.3 Å². The number of rotatable bonds is 5. The van der Waals surface area contributed by atoms with Gasteiger partial charge in [0.25, 0.3) is 0 Å². The molecule has 1 aliphatic rings. The van der Waals surface area contributed by atoms with Gasteiger partial charge in [-0.15, -0.1) is 0 Å². The molecule has 0 bridgehead atoms. The number of thiophene rings is 1. The van der Waals surface area contributed by atoms with E-state index in [0.29, 0.717) is 12.3 Å². The highest BCUT2D eigenvalue weighted by atomic mass is 32.1. The van der Waals surface area contributed by atoms with Crippen LogP contribution in [0.2, 0.25) is 0 Å². The molecule has 0 aliphatic heterocycles. The monoisotopic (exact) mass is 316 g/mol. The second-order valence-corrected chi connectivity index (χ2v) is 6.42. The minimum Gasteiger partial charge on any atom is -0.474 e. The molecule has 3 rings (SSSR count). The third-order valence-corrected chi connectivity index (χ3v) is 4.64. The Kier molecular flexibility index (Phi) is 5.06. The van der Waals surface area contributed by atoms with Gasteiger partial charge in [0.05, 0.1) is 6.42 Å². The Bertz CT molecular complexity index is 578. The average molecular weight is 316 g/mol. The fourth-order valence-corrected chi connectivity index (χ4v) is 3.44. The first-order valence-corrected chi connectivity index (χ1v) is 8.62. The van der Waals surface area contributed by atoms with Gasteiger partial charge < -0.3 is 10.1 Å².